The number of sulfonamides is 1. The number of esters is 1. The Morgan fingerprint density at radius 1 is 1.05 bits per heavy atom. The first-order valence-corrected chi connectivity index (χ1v) is 14.2. The monoisotopic (exact) mass is 553 g/mol. The number of thiazole rings is 1. The van der Waals surface area contributed by atoms with Crippen LogP contribution in [0.25, 0.3) is 10.2 Å². The number of halogens is 1. The van der Waals surface area contributed by atoms with Gasteiger partial charge in [0.2, 0.25) is 10.0 Å². The van der Waals surface area contributed by atoms with Crippen molar-refractivity contribution in [3.63, 3.8) is 0 Å². The number of carbonyl (C=O) groups excluding carboxylic acids is 2. The van der Waals surface area contributed by atoms with E-state index in [0.29, 0.717) is 29.7 Å². The molecule has 8 nitrogen and oxygen atoms in total. The van der Waals surface area contributed by atoms with E-state index in [4.69, 9.17) is 4.74 Å². The van der Waals surface area contributed by atoms with Crippen molar-refractivity contribution >= 4 is 43.5 Å². The van der Waals surface area contributed by atoms with Crippen LogP contribution in [0.3, 0.4) is 0 Å². The van der Waals surface area contributed by atoms with E-state index in [1.54, 1.807) is 6.92 Å². The van der Waals surface area contributed by atoms with Crippen molar-refractivity contribution in [1.82, 2.24) is 8.87 Å². The SMILES string of the molecule is CCOC(=O)Cn1c(=NC(=O)c2ccc(S(=O)(=O)N3CCc4ccccc4C3)cc2)sc2cc(F)ccc21. The summed E-state index contributed by atoms with van der Waals surface area (Å²) in [5.74, 6) is -1.58. The standard InChI is InChI=1S/C27H24FN3O5S2/c1-2-36-25(32)17-31-23-12-9-21(28)15-24(23)37-27(31)29-26(33)19-7-10-22(11-8-19)38(34,35)30-14-13-18-5-3-4-6-20(18)16-30/h3-12,15H,2,13-14,16-17H2,1H3. The molecule has 0 unspecified atom stereocenters. The van der Waals surface area contributed by atoms with Gasteiger partial charge in [0, 0.05) is 18.7 Å². The van der Waals surface area contributed by atoms with Crippen LogP contribution < -0.4 is 4.80 Å². The number of hydrogen-bond acceptors (Lipinski definition) is 6. The van der Waals surface area contributed by atoms with Gasteiger partial charge in [0.25, 0.3) is 5.91 Å². The topological polar surface area (TPSA) is 98.0 Å². The highest BCUT2D eigenvalue weighted by atomic mass is 32.2. The third kappa shape index (κ3) is 5.17. The van der Waals surface area contributed by atoms with Crippen LogP contribution in [0.15, 0.2) is 76.6 Å². The Balaban J connectivity index is 1.42. The number of rotatable bonds is 6. The second-order valence-corrected chi connectivity index (χ2v) is 11.6. The first-order chi connectivity index (χ1) is 18.3. The smallest absolute Gasteiger partial charge is 0.326 e. The van der Waals surface area contributed by atoms with Crippen molar-refractivity contribution in [2.24, 2.45) is 4.99 Å². The van der Waals surface area contributed by atoms with E-state index in [1.165, 1.54) is 51.3 Å². The predicted molar refractivity (Wildman–Crippen MR) is 140 cm³/mol. The van der Waals surface area contributed by atoms with Gasteiger partial charge in [-0.2, -0.15) is 9.30 Å². The van der Waals surface area contributed by atoms with Crippen LogP contribution >= 0.6 is 11.3 Å². The number of carbonyl (C=O) groups is 2. The average Bonchev–Trinajstić information content (AvgIpc) is 3.23. The van der Waals surface area contributed by atoms with E-state index in [9.17, 15) is 22.4 Å². The first-order valence-electron chi connectivity index (χ1n) is 12.0. The molecule has 0 aliphatic carbocycles. The maximum Gasteiger partial charge on any atom is 0.326 e. The summed E-state index contributed by atoms with van der Waals surface area (Å²) >= 11 is 1.07. The molecule has 0 fully saturated rings. The molecular weight excluding hydrogens is 529 g/mol. The molecule has 196 valence electrons. The van der Waals surface area contributed by atoms with Gasteiger partial charge in [-0.25, -0.2) is 12.8 Å². The molecular formula is C27H24FN3O5S2. The van der Waals surface area contributed by atoms with Crippen molar-refractivity contribution < 1.29 is 27.1 Å². The molecule has 38 heavy (non-hydrogen) atoms. The minimum atomic E-state index is -3.75. The van der Waals surface area contributed by atoms with Gasteiger partial charge in [0.1, 0.15) is 12.4 Å². The average molecular weight is 554 g/mol. The molecule has 1 aliphatic rings. The fraction of sp³-hybridized carbons (Fsp3) is 0.222. The lowest BCUT2D eigenvalue weighted by atomic mass is 10.0. The molecule has 0 atom stereocenters. The Labute approximate surface area is 222 Å². The zero-order valence-corrected chi connectivity index (χ0v) is 22.1. The molecule has 4 aromatic rings. The summed E-state index contributed by atoms with van der Waals surface area (Å²) in [5, 5.41) is 0. The Kier molecular flexibility index (Phi) is 7.24. The molecule has 1 aromatic heterocycles. The Bertz CT molecular complexity index is 1710. The molecule has 0 radical (unpaired) electrons. The van der Waals surface area contributed by atoms with Crippen LogP contribution in [-0.2, 0) is 39.1 Å². The van der Waals surface area contributed by atoms with Crippen LogP contribution in [0.1, 0.15) is 28.4 Å². The largest absolute Gasteiger partial charge is 0.465 e. The van der Waals surface area contributed by atoms with Crippen molar-refractivity contribution in [2.75, 3.05) is 13.2 Å². The third-order valence-electron chi connectivity index (χ3n) is 6.27. The van der Waals surface area contributed by atoms with E-state index in [0.717, 1.165) is 22.5 Å². The van der Waals surface area contributed by atoms with Gasteiger partial charge in [-0.05, 0) is 66.9 Å². The van der Waals surface area contributed by atoms with E-state index in [-0.39, 0.29) is 28.4 Å². The summed E-state index contributed by atoms with van der Waals surface area (Å²) in [5.41, 5.74) is 2.85. The maximum absolute atomic E-state index is 13.8. The number of aromatic nitrogens is 1. The maximum atomic E-state index is 13.8. The van der Waals surface area contributed by atoms with Crippen molar-refractivity contribution in [1.29, 1.82) is 0 Å². The number of benzene rings is 3. The number of hydrogen-bond donors (Lipinski definition) is 0. The Morgan fingerprint density at radius 3 is 2.53 bits per heavy atom. The van der Waals surface area contributed by atoms with Gasteiger partial charge in [0.15, 0.2) is 4.80 Å². The van der Waals surface area contributed by atoms with Crippen LogP contribution in [0.2, 0.25) is 0 Å². The first kappa shape index (κ1) is 26.0. The van der Waals surface area contributed by atoms with Crippen molar-refractivity contribution in [3.8, 4) is 0 Å². The summed E-state index contributed by atoms with van der Waals surface area (Å²) < 4.78 is 48.7. The molecule has 0 spiro atoms. The number of amides is 1. The van der Waals surface area contributed by atoms with Gasteiger partial charge < -0.3 is 9.30 Å². The Hall–Kier alpha value is -3.67. The highest BCUT2D eigenvalue weighted by molar-refractivity contribution is 7.89. The number of fused-ring (bicyclic) bond motifs is 2. The van der Waals surface area contributed by atoms with Gasteiger partial charge in [-0.15, -0.1) is 0 Å². The van der Waals surface area contributed by atoms with Gasteiger partial charge in [0.05, 0.1) is 21.7 Å². The summed E-state index contributed by atoms with van der Waals surface area (Å²) in [6.07, 6.45) is 0.635. The molecule has 5 rings (SSSR count). The van der Waals surface area contributed by atoms with E-state index in [2.05, 4.69) is 4.99 Å². The van der Waals surface area contributed by atoms with Crippen LogP contribution in [0.5, 0.6) is 0 Å². The minimum absolute atomic E-state index is 0.0862. The fourth-order valence-electron chi connectivity index (χ4n) is 4.37. The summed E-state index contributed by atoms with van der Waals surface area (Å²) in [4.78, 5) is 29.6. The second-order valence-electron chi connectivity index (χ2n) is 8.69. The second kappa shape index (κ2) is 10.6. The lowest BCUT2D eigenvalue weighted by Gasteiger charge is -2.28. The summed E-state index contributed by atoms with van der Waals surface area (Å²) in [7, 11) is -3.75. The zero-order chi connectivity index (χ0) is 26.9. The minimum Gasteiger partial charge on any atom is -0.465 e. The highest BCUT2D eigenvalue weighted by Gasteiger charge is 2.28. The molecule has 2 heterocycles. The summed E-state index contributed by atoms with van der Waals surface area (Å²) in [6, 6.07) is 17.5. The lowest BCUT2D eigenvalue weighted by Crippen LogP contribution is -2.35. The fourth-order valence-corrected chi connectivity index (χ4v) is 6.84. The van der Waals surface area contributed by atoms with E-state index in [1.807, 2.05) is 24.3 Å². The lowest BCUT2D eigenvalue weighted by molar-refractivity contribution is -0.143. The normalized spacial score (nSPS) is 14.4. The Morgan fingerprint density at radius 2 is 1.79 bits per heavy atom. The molecule has 3 aromatic carbocycles. The van der Waals surface area contributed by atoms with Gasteiger partial charge in [-0.3, -0.25) is 9.59 Å². The van der Waals surface area contributed by atoms with Gasteiger partial charge in [-0.1, -0.05) is 35.6 Å². The molecule has 0 bridgehead atoms. The molecule has 1 aliphatic heterocycles. The molecule has 0 saturated carbocycles. The zero-order valence-electron chi connectivity index (χ0n) is 20.5. The number of nitrogens with zero attached hydrogens (tertiary/aromatic N) is 3. The molecule has 11 heteroatoms. The quantitative estimate of drug-likeness (QED) is 0.338. The summed E-state index contributed by atoms with van der Waals surface area (Å²) in [6.45, 7) is 2.36. The van der Waals surface area contributed by atoms with Crippen molar-refractivity contribution in [3.05, 3.63) is 94.0 Å². The third-order valence-corrected chi connectivity index (χ3v) is 9.17. The molecule has 0 N–H and O–H groups in total. The van der Waals surface area contributed by atoms with E-state index < -0.39 is 27.7 Å². The number of ether oxygens (including phenoxy) is 1. The van der Waals surface area contributed by atoms with Crippen LogP contribution in [0.4, 0.5) is 4.39 Å². The highest BCUT2D eigenvalue weighted by Crippen LogP contribution is 2.25. The van der Waals surface area contributed by atoms with Crippen molar-refractivity contribution in [2.45, 2.75) is 31.3 Å². The van der Waals surface area contributed by atoms with E-state index >= 15 is 0 Å². The molecule has 0 saturated heterocycles. The van der Waals surface area contributed by atoms with Gasteiger partial charge >= 0.3 is 5.97 Å². The van der Waals surface area contributed by atoms with Crippen LogP contribution in [0, 0.1) is 5.82 Å². The predicted octanol–water partition coefficient (Wildman–Crippen LogP) is 3.89. The molecule has 1 amide bonds. The van der Waals surface area contributed by atoms with Crippen LogP contribution in [-0.4, -0.2) is 42.3 Å².